The summed E-state index contributed by atoms with van der Waals surface area (Å²) in [5.74, 6) is 0. The average Bonchev–Trinajstić information content (AvgIpc) is 2.01. The SMILES string of the molecule is Cc1cccc(Cl)c1CCC(C)(C)C. The van der Waals surface area contributed by atoms with Gasteiger partial charge >= 0.3 is 0 Å². The summed E-state index contributed by atoms with van der Waals surface area (Å²) >= 11 is 6.16. The highest BCUT2D eigenvalue weighted by Crippen LogP contribution is 2.26. The molecule has 0 N–H and O–H groups in total. The molecule has 0 aliphatic heterocycles. The van der Waals surface area contributed by atoms with E-state index < -0.39 is 0 Å². The van der Waals surface area contributed by atoms with Gasteiger partial charge in [0.25, 0.3) is 0 Å². The van der Waals surface area contributed by atoms with Crippen LogP contribution in [0.5, 0.6) is 0 Å². The van der Waals surface area contributed by atoms with E-state index >= 15 is 0 Å². The van der Waals surface area contributed by atoms with Crippen molar-refractivity contribution in [2.24, 2.45) is 5.41 Å². The second-order valence-electron chi connectivity index (χ2n) is 5.10. The van der Waals surface area contributed by atoms with Crippen LogP contribution < -0.4 is 0 Å². The lowest BCUT2D eigenvalue weighted by Crippen LogP contribution is -2.07. The molecule has 0 aliphatic rings. The lowest BCUT2D eigenvalue weighted by Gasteiger charge is -2.19. The van der Waals surface area contributed by atoms with Crippen molar-refractivity contribution in [1.82, 2.24) is 0 Å². The monoisotopic (exact) mass is 210 g/mol. The maximum atomic E-state index is 6.16. The van der Waals surface area contributed by atoms with Crippen LogP contribution in [0.1, 0.15) is 38.3 Å². The van der Waals surface area contributed by atoms with Crippen molar-refractivity contribution in [3.8, 4) is 0 Å². The smallest absolute Gasteiger partial charge is 0.0440 e. The first-order valence-electron chi connectivity index (χ1n) is 5.14. The van der Waals surface area contributed by atoms with Crippen LogP contribution >= 0.6 is 11.6 Å². The predicted octanol–water partition coefficient (Wildman–Crippen LogP) is 4.63. The molecule has 0 bridgehead atoms. The highest BCUT2D eigenvalue weighted by molar-refractivity contribution is 6.31. The lowest BCUT2D eigenvalue weighted by atomic mass is 9.88. The van der Waals surface area contributed by atoms with Gasteiger partial charge in [0, 0.05) is 5.02 Å². The Balaban J connectivity index is 2.77. The predicted molar refractivity (Wildman–Crippen MR) is 64.0 cm³/mol. The fourth-order valence-corrected chi connectivity index (χ4v) is 1.80. The molecule has 0 spiro atoms. The van der Waals surface area contributed by atoms with Crippen LogP contribution in [0.3, 0.4) is 0 Å². The Kier molecular flexibility index (Phi) is 3.60. The van der Waals surface area contributed by atoms with Gasteiger partial charge in [-0.3, -0.25) is 0 Å². The molecule has 0 saturated carbocycles. The van der Waals surface area contributed by atoms with Crippen LogP contribution in [-0.2, 0) is 6.42 Å². The molecule has 0 amide bonds. The van der Waals surface area contributed by atoms with Gasteiger partial charge in [-0.2, -0.15) is 0 Å². The minimum atomic E-state index is 0.381. The van der Waals surface area contributed by atoms with E-state index in [1.807, 2.05) is 12.1 Å². The molecule has 1 rings (SSSR count). The zero-order chi connectivity index (χ0) is 10.8. The van der Waals surface area contributed by atoms with Crippen LogP contribution in [0.2, 0.25) is 5.02 Å². The Morgan fingerprint density at radius 2 is 1.86 bits per heavy atom. The van der Waals surface area contributed by atoms with Gasteiger partial charge in [-0.15, -0.1) is 0 Å². The van der Waals surface area contributed by atoms with Crippen LogP contribution in [0, 0.1) is 12.3 Å². The summed E-state index contributed by atoms with van der Waals surface area (Å²) in [6, 6.07) is 6.12. The van der Waals surface area contributed by atoms with Gasteiger partial charge in [-0.25, -0.2) is 0 Å². The van der Waals surface area contributed by atoms with Crippen molar-refractivity contribution in [1.29, 1.82) is 0 Å². The molecule has 0 unspecified atom stereocenters. The van der Waals surface area contributed by atoms with E-state index in [9.17, 15) is 0 Å². The van der Waals surface area contributed by atoms with Crippen molar-refractivity contribution in [2.45, 2.75) is 40.5 Å². The highest BCUT2D eigenvalue weighted by Gasteiger charge is 2.12. The van der Waals surface area contributed by atoms with E-state index in [0.717, 1.165) is 11.4 Å². The maximum absolute atomic E-state index is 6.16. The second kappa shape index (κ2) is 4.35. The third kappa shape index (κ3) is 3.34. The Morgan fingerprint density at radius 3 is 2.36 bits per heavy atom. The Bertz CT molecular complexity index is 287. The van der Waals surface area contributed by atoms with Gasteiger partial charge in [0.05, 0.1) is 0 Å². The molecule has 0 radical (unpaired) electrons. The average molecular weight is 211 g/mol. The topological polar surface area (TPSA) is 0 Å². The first kappa shape index (κ1) is 11.6. The van der Waals surface area contributed by atoms with Gasteiger partial charge in [-0.1, -0.05) is 44.5 Å². The normalized spacial score (nSPS) is 11.8. The molecule has 0 aliphatic carbocycles. The van der Waals surface area contributed by atoms with E-state index in [1.165, 1.54) is 17.5 Å². The van der Waals surface area contributed by atoms with Crippen molar-refractivity contribution >= 4 is 11.6 Å². The summed E-state index contributed by atoms with van der Waals surface area (Å²) in [4.78, 5) is 0. The van der Waals surface area contributed by atoms with Crippen molar-refractivity contribution in [2.75, 3.05) is 0 Å². The zero-order valence-corrected chi connectivity index (χ0v) is 10.3. The molecular weight excluding hydrogens is 192 g/mol. The minimum Gasteiger partial charge on any atom is -0.0840 e. The molecule has 0 saturated heterocycles. The van der Waals surface area contributed by atoms with Crippen LogP contribution in [0.25, 0.3) is 0 Å². The molecule has 0 aromatic heterocycles. The third-order valence-electron chi connectivity index (χ3n) is 2.48. The second-order valence-corrected chi connectivity index (χ2v) is 5.50. The Labute approximate surface area is 92.3 Å². The molecule has 0 nitrogen and oxygen atoms in total. The molecule has 14 heavy (non-hydrogen) atoms. The first-order chi connectivity index (χ1) is 6.40. The number of halogens is 1. The van der Waals surface area contributed by atoms with Gasteiger partial charge in [0.15, 0.2) is 0 Å². The summed E-state index contributed by atoms with van der Waals surface area (Å²) in [5.41, 5.74) is 3.00. The van der Waals surface area contributed by atoms with Crippen LogP contribution in [-0.4, -0.2) is 0 Å². The Hall–Kier alpha value is -0.490. The van der Waals surface area contributed by atoms with Gasteiger partial charge in [0.1, 0.15) is 0 Å². The van der Waals surface area contributed by atoms with E-state index in [-0.39, 0.29) is 0 Å². The van der Waals surface area contributed by atoms with Crippen LogP contribution in [0.4, 0.5) is 0 Å². The van der Waals surface area contributed by atoms with E-state index in [4.69, 9.17) is 11.6 Å². The van der Waals surface area contributed by atoms with Gasteiger partial charge in [0.2, 0.25) is 0 Å². The molecule has 1 aromatic carbocycles. The molecular formula is C13H19Cl. The summed E-state index contributed by atoms with van der Waals surface area (Å²) in [7, 11) is 0. The van der Waals surface area contributed by atoms with Crippen molar-refractivity contribution < 1.29 is 0 Å². The standard InChI is InChI=1S/C13H19Cl/c1-10-6-5-7-12(14)11(10)8-9-13(2,3)4/h5-7H,8-9H2,1-4H3. The summed E-state index contributed by atoms with van der Waals surface area (Å²) < 4.78 is 0. The van der Waals surface area contributed by atoms with E-state index in [0.29, 0.717) is 5.41 Å². The minimum absolute atomic E-state index is 0.381. The third-order valence-corrected chi connectivity index (χ3v) is 2.83. The number of hydrogen-bond donors (Lipinski definition) is 0. The Morgan fingerprint density at radius 1 is 1.21 bits per heavy atom. The van der Waals surface area contributed by atoms with Gasteiger partial charge < -0.3 is 0 Å². The summed E-state index contributed by atoms with van der Waals surface area (Å²) in [5, 5.41) is 0.911. The number of hydrogen-bond acceptors (Lipinski definition) is 0. The quantitative estimate of drug-likeness (QED) is 0.668. The number of aryl methyl sites for hydroxylation is 1. The lowest BCUT2D eigenvalue weighted by molar-refractivity contribution is 0.378. The molecule has 78 valence electrons. The summed E-state index contributed by atoms with van der Waals surface area (Å²) in [6.45, 7) is 8.92. The first-order valence-corrected chi connectivity index (χ1v) is 5.52. The van der Waals surface area contributed by atoms with Crippen molar-refractivity contribution in [3.05, 3.63) is 34.3 Å². The van der Waals surface area contributed by atoms with E-state index in [1.54, 1.807) is 0 Å². The molecule has 0 heterocycles. The molecule has 1 heteroatoms. The van der Waals surface area contributed by atoms with Crippen LogP contribution in [0.15, 0.2) is 18.2 Å². The largest absolute Gasteiger partial charge is 0.0840 e. The fraction of sp³-hybridized carbons (Fsp3) is 0.538. The van der Waals surface area contributed by atoms with Crippen molar-refractivity contribution in [3.63, 3.8) is 0 Å². The van der Waals surface area contributed by atoms with E-state index in [2.05, 4.69) is 33.8 Å². The molecule has 0 atom stereocenters. The number of benzene rings is 1. The zero-order valence-electron chi connectivity index (χ0n) is 9.52. The highest BCUT2D eigenvalue weighted by atomic mass is 35.5. The molecule has 0 fully saturated rings. The molecule has 1 aromatic rings. The summed E-state index contributed by atoms with van der Waals surface area (Å²) in [6.07, 6.45) is 2.26. The number of rotatable bonds is 2. The maximum Gasteiger partial charge on any atom is 0.0440 e. The fourth-order valence-electron chi connectivity index (χ4n) is 1.48. The van der Waals surface area contributed by atoms with Gasteiger partial charge in [-0.05, 0) is 42.4 Å².